The summed E-state index contributed by atoms with van der Waals surface area (Å²) in [7, 11) is 0. The number of nitrogens with zero attached hydrogens (tertiary/aromatic N) is 3. The average Bonchev–Trinajstić information content (AvgIpc) is 2.70. The van der Waals surface area contributed by atoms with Gasteiger partial charge in [0.25, 0.3) is 0 Å². The fourth-order valence-corrected chi connectivity index (χ4v) is 1.37. The van der Waals surface area contributed by atoms with Gasteiger partial charge in [0.1, 0.15) is 16.9 Å². The van der Waals surface area contributed by atoms with Gasteiger partial charge >= 0.3 is 0 Å². The van der Waals surface area contributed by atoms with Crippen molar-refractivity contribution >= 4 is 34.2 Å². The van der Waals surface area contributed by atoms with Gasteiger partial charge in [0.15, 0.2) is 0 Å². The van der Waals surface area contributed by atoms with Gasteiger partial charge in [-0.25, -0.2) is 4.99 Å². The third-order valence-electron chi connectivity index (χ3n) is 2.06. The molecule has 0 atom stereocenters. The number of aromatic amines is 1. The van der Waals surface area contributed by atoms with Crippen LogP contribution in [0.4, 0.5) is 5.69 Å². The second-order valence-corrected chi connectivity index (χ2v) is 3.43. The average molecular weight is 224 g/mol. The van der Waals surface area contributed by atoms with E-state index in [1.54, 1.807) is 0 Å². The maximum absolute atomic E-state index is 5.59. The molecule has 0 fully saturated rings. The number of hydrogen-bond acceptors (Lipinski definition) is 3. The largest absolute Gasteiger partial charge is 0.386 e. The fourth-order valence-electron chi connectivity index (χ4n) is 1.31. The third kappa shape index (κ3) is 1.78. The van der Waals surface area contributed by atoms with Crippen LogP contribution in [0.1, 0.15) is 5.56 Å². The number of alkyl halides is 1. The van der Waals surface area contributed by atoms with Crippen LogP contribution in [0.5, 0.6) is 0 Å². The van der Waals surface area contributed by atoms with Crippen LogP contribution in [0, 0.1) is 6.92 Å². The van der Waals surface area contributed by atoms with Gasteiger partial charge in [0.2, 0.25) is 0 Å². The summed E-state index contributed by atoms with van der Waals surface area (Å²) in [5, 5.41) is 10.6. The third-order valence-corrected chi connectivity index (χ3v) is 2.33. The number of rotatable bonds is 2. The van der Waals surface area contributed by atoms with Gasteiger partial charge in [-0.3, -0.25) is 0 Å². The number of halogens is 1. The first-order valence-electron chi connectivity index (χ1n) is 4.41. The lowest BCUT2D eigenvalue weighted by molar-refractivity contribution is 0.959. The number of aromatic nitrogens is 3. The van der Waals surface area contributed by atoms with E-state index < -0.39 is 0 Å². The van der Waals surface area contributed by atoms with Crippen LogP contribution in [0.3, 0.4) is 0 Å². The lowest BCUT2D eigenvalue weighted by atomic mass is 10.2. The highest BCUT2D eigenvalue weighted by atomic mass is 35.5. The predicted molar refractivity (Wildman–Crippen MR) is 60.6 cm³/mol. The fraction of sp³-hybridized carbons (Fsp3) is 0.222. The minimum Gasteiger partial charge on any atom is -0.386 e. The molecule has 15 heavy (non-hydrogen) atoms. The number of H-pyrrole nitrogens is 1. The van der Waals surface area contributed by atoms with Crippen LogP contribution in [0.2, 0.25) is 0 Å². The molecule has 0 saturated heterocycles. The molecular formula is C9H10ClN5. The van der Waals surface area contributed by atoms with Gasteiger partial charge in [-0.1, -0.05) is 6.07 Å². The summed E-state index contributed by atoms with van der Waals surface area (Å²) in [6.07, 6.45) is 0. The van der Waals surface area contributed by atoms with Crippen molar-refractivity contribution in [2.24, 2.45) is 10.7 Å². The number of benzene rings is 1. The number of amidine groups is 1. The zero-order valence-corrected chi connectivity index (χ0v) is 8.91. The van der Waals surface area contributed by atoms with E-state index in [1.807, 2.05) is 19.1 Å². The van der Waals surface area contributed by atoms with E-state index in [4.69, 9.17) is 17.3 Å². The molecule has 78 valence electrons. The normalized spacial score (nSPS) is 12.3. The highest BCUT2D eigenvalue weighted by Crippen LogP contribution is 2.26. The Balaban J connectivity index is 2.66. The molecule has 0 radical (unpaired) electrons. The molecular weight excluding hydrogens is 214 g/mol. The molecule has 0 aliphatic heterocycles. The quantitative estimate of drug-likeness (QED) is 0.460. The van der Waals surface area contributed by atoms with Gasteiger partial charge in [-0.05, 0) is 18.6 Å². The van der Waals surface area contributed by atoms with E-state index in [0.29, 0.717) is 11.4 Å². The highest BCUT2D eigenvalue weighted by Gasteiger charge is 2.07. The first-order chi connectivity index (χ1) is 7.22. The topological polar surface area (TPSA) is 80.0 Å². The lowest BCUT2D eigenvalue weighted by Gasteiger charge is -2.01. The van der Waals surface area contributed by atoms with E-state index in [9.17, 15) is 0 Å². The monoisotopic (exact) mass is 223 g/mol. The Morgan fingerprint density at radius 2 is 2.33 bits per heavy atom. The van der Waals surface area contributed by atoms with Crippen molar-refractivity contribution in [3.05, 3.63) is 17.7 Å². The van der Waals surface area contributed by atoms with Crippen molar-refractivity contribution in [1.82, 2.24) is 15.4 Å². The first-order valence-corrected chi connectivity index (χ1v) is 4.95. The van der Waals surface area contributed by atoms with Crippen molar-refractivity contribution in [2.75, 3.05) is 5.88 Å². The number of aryl methyl sites for hydroxylation is 1. The molecule has 2 aromatic rings. The summed E-state index contributed by atoms with van der Waals surface area (Å²) in [6.45, 7) is 1.94. The molecule has 0 aliphatic rings. The maximum Gasteiger partial charge on any atom is 0.138 e. The molecule has 1 heterocycles. The van der Waals surface area contributed by atoms with Crippen LogP contribution in [0.25, 0.3) is 11.0 Å². The van der Waals surface area contributed by atoms with E-state index >= 15 is 0 Å². The zero-order chi connectivity index (χ0) is 10.8. The molecule has 3 N–H and O–H groups in total. The molecule has 0 bridgehead atoms. The Labute approximate surface area is 91.3 Å². The Morgan fingerprint density at radius 3 is 3.07 bits per heavy atom. The number of nitrogens with one attached hydrogen (secondary N) is 1. The first kappa shape index (κ1) is 9.92. The van der Waals surface area contributed by atoms with Crippen LogP contribution >= 0.6 is 11.6 Å². The second-order valence-electron chi connectivity index (χ2n) is 3.16. The maximum atomic E-state index is 5.59. The van der Waals surface area contributed by atoms with Crippen LogP contribution < -0.4 is 5.73 Å². The molecule has 0 spiro atoms. The van der Waals surface area contributed by atoms with Crippen molar-refractivity contribution < 1.29 is 0 Å². The summed E-state index contributed by atoms with van der Waals surface area (Å²) < 4.78 is 0. The molecule has 0 unspecified atom stereocenters. The molecule has 5 nitrogen and oxygen atoms in total. The summed E-state index contributed by atoms with van der Waals surface area (Å²) in [6, 6.07) is 3.80. The van der Waals surface area contributed by atoms with Crippen LogP contribution in [-0.4, -0.2) is 27.1 Å². The number of aliphatic imine (C=N–C) groups is 1. The standard InChI is InChI=1S/C9H10ClN5/c1-5-2-3-6-9(14-15-13-6)8(5)12-7(11)4-10/h2-3H,4H2,1H3,(H2,11,12)(H,13,14,15). The van der Waals surface area contributed by atoms with Crippen LogP contribution in [-0.2, 0) is 0 Å². The number of fused-ring (bicyclic) bond motifs is 1. The Hall–Kier alpha value is -1.62. The number of nitrogens with two attached hydrogens (primary N) is 1. The molecule has 0 amide bonds. The summed E-state index contributed by atoms with van der Waals surface area (Å²) in [4.78, 5) is 4.22. The Morgan fingerprint density at radius 1 is 1.53 bits per heavy atom. The van der Waals surface area contributed by atoms with Crippen LogP contribution in [0.15, 0.2) is 17.1 Å². The van der Waals surface area contributed by atoms with Gasteiger partial charge in [0, 0.05) is 0 Å². The van der Waals surface area contributed by atoms with E-state index in [-0.39, 0.29) is 5.88 Å². The molecule has 6 heteroatoms. The summed E-state index contributed by atoms with van der Waals surface area (Å²) in [5.41, 5.74) is 8.78. The molecule has 2 rings (SSSR count). The molecule has 0 saturated carbocycles. The van der Waals surface area contributed by atoms with E-state index in [1.165, 1.54) is 0 Å². The molecule has 0 aliphatic carbocycles. The zero-order valence-electron chi connectivity index (χ0n) is 8.16. The van der Waals surface area contributed by atoms with Crippen molar-refractivity contribution in [1.29, 1.82) is 0 Å². The lowest BCUT2D eigenvalue weighted by Crippen LogP contribution is -2.12. The summed E-state index contributed by atoms with van der Waals surface area (Å²) in [5.74, 6) is 0.573. The van der Waals surface area contributed by atoms with Gasteiger partial charge in [0.05, 0.1) is 11.6 Å². The predicted octanol–water partition coefficient (Wildman–Crippen LogP) is 1.49. The van der Waals surface area contributed by atoms with Crippen molar-refractivity contribution in [3.63, 3.8) is 0 Å². The summed E-state index contributed by atoms with van der Waals surface area (Å²) >= 11 is 5.58. The van der Waals surface area contributed by atoms with Gasteiger partial charge in [-0.15, -0.1) is 11.6 Å². The smallest absolute Gasteiger partial charge is 0.138 e. The minimum absolute atomic E-state index is 0.202. The van der Waals surface area contributed by atoms with E-state index in [2.05, 4.69) is 20.4 Å². The molecule has 1 aromatic carbocycles. The van der Waals surface area contributed by atoms with Crippen molar-refractivity contribution in [3.8, 4) is 0 Å². The van der Waals surface area contributed by atoms with Crippen molar-refractivity contribution in [2.45, 2.75) is 6.92 Å². The van der Waals surface area contributed by atoms with Gasteiger partial charge in [-0.2, -0.15) is 15.4 Å². The Bertz CT molecular complexity index is 516. The number of hydrogen-bond donors (Lipinski definition) is 2. The SMILES string of the molecule is Cc1ccc2n[nH]nc2c1N=C(N)CCl. The van der Waals surface area contributed by atoms with Gasteiger partial charge < -0.3 is 5.73 Å². The molecule has 1 aromatic heterocycles. The van der Waals surface area contributed by atoms with E-state index in [0.717, 1.165) is 16.8 Å². The minimum atomic E-state index is 0.202. The second kappa shape index (κ2) is 3.86. The Kier molecular flexibility index (Phi) is 2.55. The highest BCUT2D eigenvalue weighted by molar-refractivity contribution is 6.28.